The summed E-state index contributed by atoms with van der Waals surface area (Å²) in [5.74, 6) is -3.64. The van der Waals surface area contributed by atoms with E-state index in [1.807, 2.05) is 30.3 Å². The van der Waals surface area contributed by atoms with E-state index in [-0.39, 0.29) is 43.3 Å². The van der Waals surface area contributed by atoms with Crippen LogP contribution in [0.25, 0.3) is 11.3 Å². The fraction of sp³-hybridized carbons (Fsp3) is 0.433. The lowest BCUT2D eigenvalue weighted by Crippen LogP contribution is -2.50. The van der Waals surface area contributed by atoms with Gasteiger partial charge in [-0.2, -0.15) is 0 Å². The van der Waals surface area contributed by atoms with Gasteiger partial charge in [0.1, 0.15) is 29.7 Å². The summed E-state index contributed by atoms with van der Waals surface area (Å²) in [6.07, 6.45) is -1.60. The number of carboxylic acids is 1. The highest BCUT2D eigenvalue weighted by Crippen LogP contribution is 2.43. The van der Waals surface area contributed by atoms with E-state index >= 15 is 0 Å². The van der Waals surface area contributed by atoms with Gasteiger partial charge >= 0.3 is 5.97 Å². The van der Waals surface area contributed by atoms with Crippen LogP contribution in [0.1, 0.15) is 44.6 Å². The molecule has 1 fully saturated rings. The van der Waals surface area contributed by atoms with Crippen LogP contribution in [0.15, 0.2) is 54.7 Å². The zero-order valence-corrected chi connectivity index (χ0v) is 23.2. The number of rotatable bonds is 11. The molecule has 3 N–H and O–H groups in total. The number of carbonyl (C=O) groups is 2. The molecule has 0 bridgehead atoms. The second kappa shape index (κ2) is 12.4. The van der Waals surface area contributed by atoms with Crippen molar-refractivity contribution < 1.29 is 33.0 Å². The van der Waals surface area contributed by atoms with Crippen LogP contribution >= 0.6 is 0 Å². The highest BCUT2D eigenvalue weighted by molar-refractivity contribution is 5.81. The topological polar surface area (TPSA) is 108 Å². The smallest absolute Gasteiger partial charge is 0.303 e. The zero-order valence-electron chi connectivity index (χ0n) is 23.2. The summed E-state index contributed by atoms with van der Waals surface area (Å²) >= 11 is 0. The van der Waals surface area contributed by atoms with Crippen molar-refractivity contribution in [3.05, 3.63) is 77.8 Å². The minimum atomic E-state index is -1.47. The van der Waals surface area contributed by atoms with Crippen LogP contribution in [0.5, 0.6) is 0 Å². The van der Waals surface area contributed by atoms with Crippen LogP contribution in [-0.2, 0) is 16.1 Å². The third kappa shape index (κ3) is 6.97. The van der Waals surface area contributed by atoms with Gasteiger partial charge in [-0.05, 0) is 30.7 Å². The first kappa shape index (κ1) is 30.3. The number of carbonyl (C=O) groups excluding carboxylic acids is 1. The first-order valence-corrected chi connectivity index (χ1v) is 13.5. The molecule has 11 heteroatoms. The molecule has 1 aliphatic rings. The summed E-state index contributed by atoms with van der Waals surface area (Å²) in [4.78, 5) is 31.6. The molecule has 1 saturated heterocycles. The van der Waals surface area contributed by atoms with Gasteiger partial charge in [-0.1, -0.05) is 44.2 Å². The minimum Gasteiger partial charge on any atom is -0.481 e. The Hall–Kier alpha value is -3.70. The molecule has 4 rings (SSSR count). The van der Waals surface area contributed by atoms with E-state index in [1.165, 1.54) is 18.0 Å². The molecule has 41 heavy (non-hydrogen) atoms. The normalized spacial score (nSPS) is 18.7. The number of aliphatic carboxylic acids is 1. The standard InChI is InChI=1S/C30H35F3N4O4/c1-18(38)29(41)37(16-20-13-34-14-24(20)33)27(30(2,3)12-26(39)40)28-35-25(22-11-21(31)9-10-23(22)32)17-36(28)15-19-7-5-4-6-8-19/h4-11,17-18,20,24,27,34,38H,12-16H2,1-3H3,(H,39,40). The zero-order chi connectivity index (χ0) is 29.9. The number of nitrogens with one attached hydrogen (secondary N) is 1. The van der Waals surface area contributed by atoms with Crippen LogP contribution < -0.4 is 5.32 Å². The van der Waals surface area contributed by atoms with Gasteiger partial charge in [-0.15, -0.1) is 0 Å². The molecule has 0 spiro atoms. The number of aliphatic hydroxyl groups excluding tert-OH is 1. The Labute approximate surface area is 236 Å². The average molecular weight is 573 g/mol. The number of aliphatic hydroxyl groups is 1. The maximum absolute atomic E-state index is 14.9. The maximum Gasteiger partial charge on any atom is 0.303 e. The number of nitrogens with zero attached hydrogens (tertiary/aromatic N) is 3. The number of aromatic nitrogens is 2. The largest absolute Gasteiger partial charge is 0.481 e. The van der Waals surface area contributed by atoms with Crippen molar-refractivity contribution in [2.75, 3.05) is 19.6 Å². The van der Waals surface area contributed by atoms with Gasteiger partial charge in [-0.25, -0.2) is 18.2 Å². The highest BCUT2D eigenvalue weighted by atomic mass is 19.1. The summed E-state index contributed by atoms with van der Waals surface area (Å²) in [6, 6.07) is 11.2. The van der Waals surface area contributed by atoms with Crippen molar-refractivity contribution in [2.24, 2.45) is 11.3 Å². The molecule has 8 nitrogen and oxygen atoms in total. The van der Waals surface area contributed by atoms with Crippen LogP contribution in [0.4, 0.5) is 13.2 Å². The quantitative estimate of drug-likeness (QED) is 0.318. The molecule has 0 aliphatic carbocycles. The Morgan fingerprint density at radius 1 is 1.17 bits per heavy atom. The van der Waals surface area contributed by atoms with E-state index in [1.54, 1.807) is 18.4 Å². The predicted molar refractivity (Wildman–Crippen MR) is 147 cm³/mol. The van der Waals surface area contributed by atoms with Crippen molar-refractivity contribution in [1.82, 2.24) is 19.8 Å². The first-order chi connectivity index (χ1) is 19.4. The second-order valence-corrected chi connectivity index (χ2v) is 11.3. The Kier molecular flexibility index (Phi) is 9.18. The van der Waals surface area contributed by atoms with E-state index in [0.717, 1.165) is 23.8 Å². The van der Waals surface area contributed by atoms with Crippen molar-refractivity contribution in [2.45, 2.75) is 52.1 Å². The van der Waals surface area contributed by atoms with Crippen LogP contribution in [0, 0.1) is 23.0 Å². The summed E-state index contributed by atoms with van der Waals surface area (Å²) in [5, 5.41) is 23.2. The Morgan fingerprint density at radius 2 is 1.88 bits per heavy atom. The molecule has 4 unspecified atom stereocenters. The summed E-state index contributed by atoms with van der Waals surface area (Å²) < 4.78 is 45.6. The fourth-order valence-electron chi connectivity index (χ4n) is 5.47. The molecule has 3 aromatic rings. The second-order valence-electron chi connectivity index (χ2n) is 11.3. The van der Waals surface area contributed by atoms with E-state index in [4.69, 9.17) is 0 Å². The number of alkyl halides is 1. The van der Waals surface area contributed by atoms with Crippen LogP contribution in [0.3, 0.4) is 0 Å². The monoisotopic (exact) mass is 572 g/mol. The summed E-state index contributed by atoms with van der Waals surface area (Å²) in [6.45, 7) is 5.09. The summed E-state index contributed by atoms with van der Waals surface area (Å²) in [7, 11) is 0. The Balaban J connectivity index is 1.94. The predicted octanol–water partition coefficient (Wildman–Crippen LogP) is 4.19. The number of imidazole rings is 1. The molecule has 1 aromatic heterocycles. The third-order valence-electron chi connectivity index (χ3n) is 7.44. The summed E-state index contributed by atoms with van der Waals surface area (Å²) in [5.41, 5.74) is -0.375. The van der Waals surface area contributed by atoms with Crippen molar-refractivity contribution >= 4 is 11.9 Å². The molecule has 1 amide bonds. The molecule has 2 heterocycles. The van der Waals surface area contributed by atoms with Gasteiger partial charge in [0.15, 0.2) is 0 Å². The highest BCUT2D eigenvalue weighted by Gasteiger charge is 2.45. The van der Waals surface area contributed by atoms with E-state index in [9.17, 15) is 33.0 Å². The fourth-order valence-corrected chi connectivity index (χ4v) is 5.47. The first-order valence-electron chi connectivity index (χ1n) is 13.5. The van der Waals surface area contributed by atoms with Crippen LogP contribution in [-0.4, -0.2) is 68.5 Å². The van der Waals surface area contributed by atoms with E-state index in [2.05, 4.69) is 10.3 Å². The lowest BCUT2D eigenvalue weighted by Gasteiger charge is -2.43. The molecule has 2 aromatic carbocycles. The van der Waals surface area contributed by atoms with Crippen molar-refractivity contribution in [1.29, 1.82) is 0 Å². The van der Waals surface area contributed by atoms with Crippen molar-refractivity contribution in [3.8, 4) is 11.3 Å². The molecule has 220 valence electrons. The number of halogens is 3. The lowest BCUT2D eigenvalue weighted by atomic mass is 9.79. The van der Waals surface area contributed by atoms with Gasteiger partial charge in [0.25, 0.3) is 5.91 Å². The van der Waals surface area contributed by atoms with Crippen LogP contribution in [0.2, 0.25) is 0 Å². The Bertz CT molecular complexity index is 1380. The van der Waals surface area contributed by atoms with Gasteiger partial charge < -0.3 is 25.0 Å². The molecule has 0 saturated carbocycles. The van der Waals surface area contributed by atoms with Crippen molar-refractivity contribution in [3.63, 3.8) is 0 Å². The Morgan fingerprint density at radius 3 is 2.49 bits per heavy atom. The number of hydrogen-bond acceptors (Lipinski definition) is 5. The number of benzene rings is 2. The van der Waals surface area contributed by atoms with E-state index < -0.39 is 59.6 Å². The number of carboxylic acid groups (broad SMARTS) is 1. The number of amides is 1. The van der Waals surface area contributed by atoms with E-state index in [0.29, 0.717) is 0 Å². The number of hydrogen-bond donors (Lipinski definition) is 3. The van der Waals surface area contributed by atoms with Gasteiger partial charge in [-0.3, -0.25) is 9.59 Å². The molecule has 0 radical (unpaired) electrons. The van der Waals surface area contributed by atoms with Gasteiger partial charge in [0.2, 0.25) is 0 Å². The minimum absolute atomic E-state index is 0.0828. The maximum atomic E-state index is 14.9. The van der Waals surface area contributed by atoms with Gasteiger partial charge in [0, 0.05) is 49.3 Å². The average Bonchev–Trinajstić information content (AvgIpc) is 3.50. The molecular weight excluding hydrogens is 537 g/mol. The molecule has 1 aliphatic heterocycles. The molecule has 4 atom stereocenters. The van der Waals surface area contributed by atoms with Gasteiger partial charge in [0.05, 0.1) is 18.2 Å². The lowest BCUT2D eigenvalue weighted by molar-refractivity contribution is -0.150. The SMILES string of the molecule is CC(O)C(=O)N(CC1CNCC1F)C(c1nc(-c2cc(F)ccc2F)cn1Cc1ccccc1)C(C)(C)CC(=O)O. The third-order valence-corrected chi connectivity index (χ3v) is 7.44. The molecular formula is C30H35F3N4O4.